The molecule has 0 radical (unpaired) electrons. The number of rotatable bonds is 4. The van der Waals surface area contributed by atoms with Gasteiger partial charge < -0.3 is 14.1 Å². The molecule has 1 saturated heterocycles. The number of piperidine rings is 1. The summed E-state index contributed by atoms with van der Waals surface area (Å²) in [5.41, 5.74) is 0.662. The first-order valence-electron chi connectivity index (χ1n) is 7.92. The third-order valence-corrected chi connectivity index (χ3v) is 3.96. The normalized spacial score (nSPS) is 18.5. The van der Waals surface area contributed by atoms with Crippen molar-refractivity contribution >= 4 is 5.97 Å². The Labute approximate surface area is 146 Å². The van der Waals surface area contributed by atoms with E-state index in [-0.39, 0.29) is 18.3 Å². The Bertz CT molecular complexity index is 761. The van der Waals surface area contributed by atoms with E-state index in [1.807, 2.05) is 0 Å². The maximum Gasteiger partial charge on any atom is 0.492 e. The van der Waals surface area contributed by atoms with Crippen molar-refractivity contribution in [2.45, 2.75) is 31.5 Å². The van der Waals surface area contributed by atoms with Crippen LogP contribution in [0.25, 0.3) is 11.4 Å². The van der Waals surface area contributed by atoms with E-state index >= 15 is 0 Å². The molecule has 2 heterocycles. The van der Waals surface area contributed by atoms with Crippen molar-refractivity contribution in [3.8, 4) is 17.1 Å². The number of carbonyl (C=O) groups is 1. The molecule has 3 rings (SSSR count). The van der Waals surface area contributed by atoms with Gasteiger partial charge in [-0.3, -0.25) is 0 Å². The predicted molar refractivity (Wildman–Crippen MR) is 81.7 cm³/mol. The molecule has 1 unspecified atom stereocenters. The molecule has 10 heteroatoms. The van der Waals surface area contributed by atoms with Crippen LogP contribution in [0, 0.1) is 0 Å². The minimum atomic E-state index is -5.06. The molecule has 0 bridgehead atoms. The fraction of sp³-hybridized carbons (Fsp3) is 0.438. The highest BCUT2D eigenvalue weighted by Gasteiger charge is 2.44. The molecule has 0 amide bonds. The molecule has 0 aliphatic carbocycles. The van der Waals surface area contributed by atoms with Crippen LogP contribution in [0.1, 0.15) is 31.2 Å². The summed E-state index contributed by atoms with van der Waals surface area (Å²) in [5.74, 6) is -1.21. The zero-order valence-corrected chi connectivity index (χ0v) is 13.8. The number of hydroxylamine groups is 2. The number of halogens is 3. The summed E-state index contributed by atoms with van der Waals surface area (Å²) in [4.78, 5) is 19.9. The van der Waals surface area contributed by atoms with E-state index in [4.69, 9.17) is 9.26 Å². The zero-order chi connectivity index (χ0) is 18.7. The Kier molecular flexibility index (Phi) is 5.12. The third-order valence-electron chi connectivity index (χ3n) is 3.96. The average Bonchev–Trinajstić information content (AvgIpc) is 3.11. The molecule has 1 aromatic heterocycles. The second kappa shape index (κ2) is 7.32. The zero-order valence-electron chi connectivity index (χ0n) is 13.8. The number of aromatic nitrogens is 2. The molecule has 1 aromatic carbocycles. The molecule has 0 saturated carbocycles. The summed E-state index contributed by atoms with van der Waals surface area (Å²) in [6, 6.07) is 6.20. The van der Waals surface area contributed by atoms with Crippen molar-refractivity contribution in [2.75, 3.05) is 13.7 Å². The maximum atomic E-state index is 12.5. The molecule has 0 spiro atoms. The van der Waals surface area contributed by atoms with Crippen LogP contribution in [0.2, 0.25) is 0 Å². The van der Waals surface area contributed by atoms with E-state index in [1.165, 1.54) is 0 Å². The molecule has 26 heavy (non-hydrogen) atoms. The van der Waals surface area contributed by atoms with Gasteiger partial charge in [-0.05, 0) is 43.5 Å². The van der Waals surface area contributed by atoms with Gasteiger partial charge in [-0.2, -0.15) is 18.2 Å². The standard InChI is InChI=1S/C16H16F3N3O4/c1-24-11-7-5-10(6-8-11)13-20-14(25-21-13)12-4-2-3-9-22(12)26-15(23)16(17,18)19/h5-8,12H,2-4,9H2,1H3. The Hall–Kier alpha value is -2.62. The van der Waals surface area contributed by atoms with E-state index in [1.54, 1.807) is 31.4 Å². The van der Waals surface area contributed by atoms with Crippen LogP contribution in [0.4, 0.5) is 13.2 Å². The van der Waals surface area contributed by atoms with Crippen LogP contribution in [0.3, 0.4) is 0 Å². The largest absolute Gasteiger partial charge is 0.497 e. The van der Waals surface area contributed by atoms with Gasteiger partial charge in [-0.25, -0.2) is 4.79 Å². The van der Waals surface area contributed by atoms with Gasteiger partial charge in [0.2, 0.25) is 11.7 Å². The van der Waals surface area contributed by atoms with Crippen molar-refractivity contribution in [2.24, 2.45) is 0 Å². The molecule has 1 fully saturated rings. The van der Waals surface area contributed by atoms with Gasteiger partial charge in [0.15, 0.2) is 0 Å². The summed E-state index contributed by atoms with van der Waals surface area (Å²) >= 11 is 0. The van der Waals surface area contributed by atoms with Gasteiger partial charge >= 0.3 is 12.1 Å². The van der Waals surface area contributed by atoms with E-state index in [2.05, 4.69) is 15.0 Å². The molecule has 140 valence electrons. The molecular weight excluding hydrogens is 355 g/mol. The van der Waals surface area contributed by atoms with Crippen molar-refractivity contribution < 1.29 is 32.1 Å². The van der Waals surface area contributed by atoms with Gasteiger partial charge in [-0.15, -0.1) is 5.06 Å². The Balaban J connectivity index is 1.78. The van der Waals surface area contributed by atoms with Crippen LogP contribution in [0.5, 0.6) is 5.75 Å². The molecule has 1 aliphatic heterocycles. The van der Waals surface area contributed by atoms with Crippen LogP contribution >= 0.6 is 0 Å². The number of hydrogen-bond acceptors (Lipinski definition) is 7. The first-order valence-corrected chi connectivity index (χ1v) is 7.92. The van der Waals surface area contributed by atoms with Gasteiger partial charge in [0.05, 0.1) is 7.11 Å². The second-order valence-electron chi connectivity index (χ2n) is 5.71. The Morgan fingerprint density at radius 1 is 1.27 bits per heavy atom. The fourth-order valence-electron chi connectivity index (χ4n) is 2.65. The van der Waals surface area contributed by atoms with Gasteiger partial charge in [-0.1, -0.05) is 5.16 Å². The predicted octanol–water partition coefficient (Wildman–Crippen LogP) is 3.29. The van der Waals surface area contributed by atoms with Crippen LogP contribution in [0.15, 0.2) is 28.8 Å². The van der Waals surface area contributed by atoms with E-state index in [9.17, 15) is 18.0 Å². The number of carbonyl (C=O) groups excluding carboxylic acids is 1. The Morgan fingerprint density at radius 3 is 2.65 bits per heavy atom. The average molecular weight is 371 g/mol. The molecule has 1 aliphatic rings. The monoisotopic (exact) mass is 371 g/mol. The topological polar surface area (TPSA) is 77.7 Å². The highest BCUT2D eigenvalue weighted by Crippen LogP contribution is 2.32. The molecule has 0 N–H and O–H groups in total. The van der Waals surface area contributed by atoms with E-state index in [0.29, 0.717) is 24.2 Å². The van der Waals surface area contributed by atoms with Gasteiger partial charge in [0.1, 0.15) is 11.8 Å². The quantitative estimate of drug-likeness (QED) is 0.816. The van der Waals surface area contributed by atoms with Crippen molar-refractivity contribution in [3.63, 3.8) is 0 Å². The van der Waals surface area contributed by atoms with Gasteiger partial charge in [0, 0.05) is 12.1 Å². The summed E-state index contributed by atoms with van der Waals surface area (Å²) in [7, 11) is 1.54. The second-order valence-corrected chi connectivity index (χ2v) is 5.71. The van der Waals surface area contributed by atoms with E-state index < -0.39 is 18.2 Å². The van der Waals surface area contributed by atoms with Crippen molar-refractivity contribution in [3.05, 3.63) is 30.2 Å². The molecular formula is C16H16F3N3O4. The van der Waals surface area contributed by atoms with Crippen LogP contribution < -0.4 is 4.74 Å². The first kappa shape index (κ1) is 18.2. The molecule has 1 atom stereocenters. The lowest BCUT2D eigenvalue weighted by atomic mass is 10.0. The first-order chi connectivity index (χ1) is 12.4. The summed E-state index contributed by atoms with van der Waals surface area (Å²) in [5, 5.41) is 4.83. The minimum Gasteiger partial charge on any atom is -0.497 e. The summed E-state index contributed by atoms with van der Waals surface area (Å²) < 4.78 is 47.7. The third kappa shape index (κ3) is 3.96. The number of nitrogens with zero attached hydrogens (tertiary/aromatic N) is 3. The molecule has 7 nitrogen and oxygen atoms in total. The summed E-state index contributed by atoms with van der Waals surface area (Å²) in [6.07, 6.45) is -3.29. The number of ether oxygens (including phenoxy) is 1. The van der Waals surface area contributed by atoms with Crippen LogP contribution in [-0.4, -0.2) is 41.0 Å². The fourth-order valence-corrected chi connectivity index (χ4v) is 2.65. The maximum absolute atomic E-state index is 12.5. The lowest BCUT2D eigenvalue weighted by Crippen LogP contribution is -2.39. The molecule has 2 aromatic rings. The minimum absolute atomic E-state index is 0.102. The van der Waals surface area contributed by atoms with Crippen molar-refractivity contribution in [1.29, 1.82) is 0 Å². The summed E-state index contributed by atoms with van der Waals surface area (Å²) in [6.45, 7) is 0.159. The van der Waals surface area contributed by atoms with Crippen molar-refractivity contribution in [1.82, 2.24) is 15.2 Å². The number of benzene rings is 1. The lowest BCUT2D eigenvalue weighted by molar-refractivity contribution is -0.252. The number of alkyl halides is 3. The highest BCUT2D eigenvalue weighted by molar-refractivity contribution is 5.75. The number of methoxy groups -OCH3 is 1. The SMILES string of the molecule is COc1ccc(-c2noc(C3CCCCN3OC(=O)C(F)(F)F)n2)cc1. The van der Waals surface area contributed by atoms with E-state index in [0.717, 1.165) is 11.5 Å². The van der Waals surface area contributed by atoms with Gasteiger partial charge in [0.25, 0.3) is 0 Å². The highest BCUT2D eigenvalue weighted by atomic mass is 19.4. The number of hydrogen-bond donors (Lipinski definition) is 0. The smallest absolute Gasteiger partial charge is 0.492 e. The van der Waals surface area contributed by atoms with Crippen LogP contribution in [-0.2, 0) is 9.63 Å². The lowest BCUT2D eigenvalue weighted by Gasteiger charge is -2.31. The Morgan fingerprint density at radius 2 is 2.00 bits per heavy atom.